The average molecular weight is 370 g/mol. The van der Waals surface area contributed by atoms with Gasteiger partial charge in [0.1, 0.15) is 5.75 Å². The molecular weight excluding hydrogens is 350 g/mol. The van der Waals surface area contributed by atoms with Crippen molar-refractivity contribution in [1.29, 1.82) is 0 Å². The minimum Gasteiger partial charge on any atom is -0.495 e. The zero-order valence-electron chi connectivity index (χ0n) is 14.7. The van der Waals surface area contributed by atoms with Gasteiger partial charge < -0.3 is 15.4 Å². The molecule has 0 fully saturated rings. The molecule has 0 radical (unpaired) electrons. The van der Waals surface area contributed by atoms with Gasteiger partial charge in [-0.25, -0.2) is 0 Å². The molecule has 5 nitrogen and oxygen atoms in total. The Hall–Kier alpha value is -2.79. The van der Waals surface area contributed by atoms with Crippen LogP contribution >= 0.6 is 11.6 Å². The molecule has 0 saturated heterocycles. The number of rotatable bonds is 6. The van der Waals surface area contributed by atoms with E-state index in [2.05, 4.69) is 15.6 Å². The van der Waals surface area contributed by atoms with Gasteiger partial charge in [0, 0.05) is 29.1 Å². The van der Waals surface area contributed by atoms with Crippen molar-refractivity contribution in [2.24, 2.45) is 0 Å². The third-order valence-electron chi connectivity index (χ3n) is 3.96. The summed E-state index contributed by atoms with van der Waals surface area (Å²) in [6, 6.07) is 15.0. The number of amides is 1. The number of carbonyl (C=O) groups excluding carboxylic acids is 1. The Bertz CT molecular complexity index is 943. The van der Waals surface area contributed by atoms with Crippen molar-refractivity contribution in [3.05, 3.63) is 59.2 Å². The number of nitrogens with zero attached hydrogens (tertiary/aromatic N) is 1. The molecule has 0 spiro atoms. The number of fused-ring (bicyclic) bond motifs is 1. The molecule has 2 aromatic carbocycles. The molecule has 6 heteroatoms. The molecule has 0 unspecified atom stereocenters. The predicted molar refractivity (Wildman–Crippen MR) is 106 cm³/mol. The van der Waals surface area contributed by atoms with Crippen molar-refractivity contribution in [2.45, 2.75) is 13.3 Å². The SMILES string of the molecule is COc1ccc(Cl)cc1NCCC(=O)Nc1cccc2ccc(C)nc12. The molecule has 0 atom stereocenters. The highest BCUT2D eigenvalue weighted by Gasteiger charge is 2.08. The number of nitrogens with one attached hydrogen (secondary N) is 2. The number of methoxy groups -OCH3 is 1. The van der Waals surface area contributed by atoms with E-state index in [9.17, 15) is 4.79 Å². The van der Waals surface area contributed by atoms with Crippen molar-refractivity contribution in [3.63, 3.8) is 0 Å². The Morgan fingerprint density at radius 3 is 2.81 bits per heavy atom. The smallest absolute Gasteiger partial charge is 0.226 e. The van der Waals surface area contributed by atoms with Gasteiger partial charge in [0.15, 0.2) is 0 Å². The standard InChI is InChI=1S/C20H20ClN3O2/c1-13-6-7-14-4-3-5-16(20(14)23-13)24-19(25)10-11-22-17-12-15(21)8-9-18(17)26-2/h3-9,12,22H,10-11H2,1-2H3,(H,24,25). The molecule has 0 bridgehead atoms. The number of aryl methyl sites for hydroxylation is 1. The summed E-state index contributed by atoms with van der Waals surface area (Å²) in [4.78, 5) is 16.8. The summed E-state index contributed by atoms with van der Waals surface area (Å²) < 4.78 is 5.28. The molecule has 1 heterocycles. The third-order valence-corrected chi connectivity index (χ3v) is 4.20. The van der Waals surface area contributed by atoms with Gasteiger partial charge >= 0.3 is 0 Å². The van der Waals surface area contributed by atoms with Crippen LogP contribution in [0.4, 0.5) is 11.4 Å². The minimum atomic E-state index is -0.0886. The molecule has 2 N–H and O–H groups in total. The number of halogens is 1. The van der Waals surface area contributed by atoms with Crippen LogP contribution in [0.5, 0.6) is 5.75 Å². The lowest BCUT2D eigenvalue weighted by Gasteiger charge is -2.12. The van der Waals surface area contributed by atoms with Crippen LogP contribution in [-0.4, -0.2) is 24.5 Å². The highest BCUT2D eigenvalue weighted by Crippen LogP contribution is 2.27. The first-order chi connectivity index (χ1) is 12.6. The predicted octanol–water partition coefficient (Wildman–Crippen LogP) is 4.65. The van der Waals surface area contributed by atoms with Crippen LogP contribution in [-0.2, 0) is 4.79 Å². The third kappa shape index (κ3) is 4.24. The van der Waals surface area contributed by atoms with Crippen molar-refractivity contribution in [2.75, 3.05) is 24.3 Å². The molecule has 0 aliphatic heterocycles. The van der Waals surface area contributed by atoms with Crippen LogP contribution < -0.4 is 15.4 Å². The van der Waals surface area contributed by atoms with Gasteiger partial charge in [-0.15, -0.1) is 0 Å². The summed E-state index contributed by atoms with van der Waals surface area (Å²) in [5, 5.41) is 7.72. The van der Waals surface area contributed by atoms with Crippen LogP contribution in [0.3, 0.4) is 0 Å². The Morgan fingerprint density at radius 2 is 2.00 bits per heavy atom. The second-order valence-electron chi connectivity index (χ2n) is 5.90. The van der Waals surface area contributed by atoms with Gasteiger partial charge in [0.05, 0.1) is 24.0 Å². The monoisotopic (exact) mass is 369 g/mol. The van der Waals surface area contributed by atoms with E-state index in [0.717, 1.165) is 28.0 Å². The number of hydrogen-bond donors (Lipinski definition) is 2. The molecule has 134 valence electrons. The fourth-order valence-corrected chi connectivity index (χ4v) is 2.86. The largest absolute Gasteiger partial charge is 0.495 e. The topological polar surface area (TPSA) is 63.2 Å². The van der Waals surface area contributed by atoms with E-state index in [4.69, 9.17) is 16.3 Å². The first-order valence-corrected chi connectivity index (χ1v) is 8.68. The van der Waals surface area contributed by atoms with Crippen LogP contribution in [0.15, 0.2) is 48.5 Å². The fourth-order valence-electron chi connectivity index (χ4n) is 2.69. The first-order valence-electron chi connectivity index (χ1n) is 8.30. The summed E-state index contributed by atoms with van der Waals surface area (Å²) in [7, 11) is 1.59. The van der Waals surface area contributed by atoms with Gasteiger partial charge in [-0.3, -0.25) is 9.78 Å². The summed E-state index contributed by atoms with van der Waals surface area (Å²) in [6.07, 6.45) is 0.303. The maximum absolute atomic E-state index is 12.3. The van der Waals surface area contributed by atoms with Gasteiger partial charge in [-0.2, -0.15) is 0 Å². The van der Waals surface area contributed by atoms with Gasteiger partial charge in [-0.05, 0) is 37.3 Å². The molecular formula is C20H20ClN3O2. The maximum atomic E-state index is 12.3. The van der Waals surface area contributed by atoms with Crippen LogP contribution in [0.2, 0.25) is 5.02 Å². The summed E-state index contributed by atoms with van der Waals surface area (Å²) in [5.74, 6) is 0.595. The number of carbonyl (C=O) groups is 1. The second kappa shape index (κ2) is 8.06. The molecule has 0 aliphatic carbocycles. The lowest BCUT2D eigenvalue weighted by molar-refractivity contribution is -0.115. The molecule has 26 heavy (non-hydrogen) atoms. The van der Waals surface area contributed by atoms with E-state index in [-0.39, 0.29) is 5.91 Å². The zero-order chi connectivity index (χ0) is 18.5. The number of para-hydroxylation sites is 1. The number of benzene rings is 2. The highest BCUT2D eigenvalue weighted by atomic mass is 35.5. The van der Waals surface area contributed by atoms with Crippen LogP contribution in [0.1, 0.15) is 12.1 Å². The van der Waals surface area contributed by atoms with Gasteiger partial charge in [0.2, 0.25) is 5.91 Å². The second-order valence-corrected chi connectivity index (χ2v) is 6.34. The lowest BCUT2D eigenvalue weighted by Crippen LogP contribution is -2.16. The van der Waals surface area contributed by atoms with Crippen molar-refractivity contribution in [1.82, 2.24) is 4.98 Å². The summed E-state index contributed by atoms with van der Waals surface area (Å²) in [6.45, 7) is 2.39. The quantitative estimate of drug-likeness (QED) is 0.664. The van der Waals surface area contributed by atoms with E-state index < -0.39 is 0 Å². The Labute approximate surface area is 157 Å². The highest BCUT2D eigenvalue weighted by molar-refractivity contribution is 6.30. The van der Waals surface area contributed by atoms with Crippen LogP contribution in [0, 0.1) is 6.92 Å². The zero-order valence-corrected chi connectivity index (χ0v) is 15.4. The van der Waals surface area contributed by atoms with Crippen LogP contribution in [0.25, 0.3) is 10.9 Å². The van der Waals surface area contributed by atoms with E-state index in [1.54, 1.807) is 25.3 Å². The molecule has 3 aromatic rings. The number of aromatic nitrogens is 1. The first kappa shape index (κ1) is 18.0. The number of pyridine rings is 1. The Morgan fingerprint density at radius 1 is 1.15 bits per heavy atom. The molecule has 0 saturated carbocycles. The lowest BCUT2D eigenvalue weighted by atomic mass is 10.1. The Balaban J connectivity index is 1.63. The van der Waals surface area contributed by atoms with Crippen molar-refractivity contribution in [3.8, 4) is 5.75 Å². The van der Waals surface area contributed by atoms with E-state index in [1.807, 2.05) is 37.3 Å². The van der Waals surface area contributed by atoms with Crippen molar-refractivity contribution < 1.29 is 9.53 Å². The molecule has 0 aliphatic rings. The summed E-state index contributed by atoms with van der Waals surface area (Å²) in [5.41, 5.74) is 3.19. The molecule has 3 rings (SSSR count). The van der Waals surface area contributed by atoms with E-state index in [0.29, 0.717) is 23.7 Å². The number of anilines is 2. The van der Waals surface area contributed by atoms with Gasteiger partial charge in [-0.1, -0.05) is 29.8 Å². The normalized spacial score (nSPS) is 10.6. The average Bonchev–Trinajstić information content (AvgIpc) is 2.62. The number of hydrogen-bond acceptors (Lipinski definition) is 4. The summed E-state index contributed by atoms with van der Waals surface area (Å²) >= 11 is 6.01. The number of ether oxygens (including phenoxy) is 1. The molecule has 1 aromatic heterocycles. The minimum absolute atomic E-state index is 0.0886. The fraction of sp³-hybridized carbons (Fsp3) is 0.200. The Kier molecular flexibility index (Phi) is 5.58. The van der Waals surface area contributed by atoms with E-state index >= 15 is 0 Å². The van der Waals surface area contributed by atoms with E-state index in [1.165, 1.54) is 0 Å². The van der Waals surface area contributed by atoms with Gasteiger partial charge in [0.25, 0.3) is 0 Å². The molecule has 1 amide bonds. The van der Waals surface area contributed by atoms with Crippen molar-refractivity contribution >= 4 is 39.8 Å². The maximum Gasteiger partial charge on any atom is 0.226 e.